The van der Waals surface area contributed by atoms with E-state index < -0.39 is 11.8 Å². The Hall–Kier alpha value is -3.04. The maximum absolute atomic E-state index is 13.4. The van der Waals surface area contributed by atoms with Gasteiger partial charge >= 0.3 is 0 Å². The Bertz CT molecular complexity index is 1230. The SMILES string of the molecule is N#Cc1ccc(N2C(=O)C(Sc3ccccc3)=C(c3ccc(Cl)cc3Cl)C2=O)cc1. The fraction of sp³-hybridized carbons (Fsp3) is 0. The Morgan fingerprint density at radius 1 is 0.867 bits per heavy atom. The van der Waals surface area contributed by atoms with Crippen LogP contribution in [0, 0.1) is 11.3 Å². The number of nitriles is 1. The number of anilines is 1. The first-order valence-electron chi connectivity index (χ1n) is 8.81. The van der Waals surface area contributed by atoms with Crippen LogP contribution in [0.3, 0.4) is 0 Å². The monoisotopic (exact) mass is 450 g/mol. The number of hydrogen-bond donors (Lipinski definition) is 0. The van der Waals surface area contributed by atoms with Crippen molar-refractivity contribution in [2.24, 2.45) is 0 Å². The Kier molecular flexibility index (Phi) is 5.65. The maximum Gasteiger partial charge on any atom is 0.272 e. The topological polar surface area (TPSA) is 61.2 Å². The molecule has 0 bridgehead atoms. The quantitative estimate of drug-likeness (QED) is 0.461. The highest BCUT2D eigenvalue weighted by atomic mass is 35.5. The van der Waals surface area contributed by atoms with Crippen molar-refractivity contribution < 1.29 is 9.59 Å². The number of halogens is 2. The van der Waals surface area contributed by atoms with Gasteiger partial charge in [-0.25, -0.2) is 4.90 Å². The summed E-state index contributed by atoms with van der Waals surface area (Å²) in [7, 11) is 0. The molecule has 0 unspecified atom stereocenters. The van der Waals surface area contributed by atoms with E-state index in [0.717, 1.165) is 9.80 Å². The molecule has 0 saturated carbocycles. The van der Waals surface area contributed by atoms with Gasteiger partial charge in [0.05, 0.1) is 32.8 Å². The van der Waals surface area contributed by atoms with Gasteiger partial charge in [-0.05, 0) is 48.5 Å². The van der Waals surface area contributed by atoms with Crippen molar-refractivity contribution in [3.63, 3.8) is 0 Å². The molecule has 0 aliphatic carbocycles. The van der Waals surface area contributed by atoms with Gasteiger partial charge in [-0.2, -0.15) is 5.26 Å². The van der Waals surface area contributed by atoms with Crippen LogP contribution in [-0.4, -0.2) is 11.8 Å². The Balaban J connectivity index is 1.84. The summed E-state index contributed by atoms with van der Waals surface area (Å²) < 4.78 is 0. The highest BCUT2D eigenvalue weighted by molar-refractivity contribution is 8.04. The Morgan fingerprint density at radius 3 is 2.20 bits per heavy atom. The summed E-state index contributed by atoms with van der Waals surface area (Å²) in [5.74, 6) is -0.924. The lowest BCUT2D eigenvalue weighted by molar-refractivity contribution is -0.119. The molecule has 146 valence electrons. The minimum absolute atomic E-state index is 0.222. The second kappa shape index (κ2) is 8.37. The van der Waals surface area contributed by atoms with Crippen molar-refractivity contribution in [2.75, 3.05) is 4.90 Å². The molecule has 1 aliphatic heterocycles. The van der Waals surface area contributed by atoms with Crippen LogP contribution in [0.4, 0.5) is 5.69 Å². The van der Waals surface area contributed by atoms with Gasteiger partial charge in [-0.3, -0.25) is 9.59 Å². The molecule has 4 nitrogen and oxygen atoms in total. The van der Waals surface area contributed by atoms with Crippen molar-refractivity contribution in [1.29, 1.82) is 5.26 Å². The van der Waals surface area contributed by atoms with E-state index in [-0.39, 0.29) is 15.5 Å². The van der Waals surface area contributed by atoms with E-state index in [9.17, 15) is 9.59 Å². The molecule has 0 radical (unpaired) electrons. The molecule has 1 aliphatic rings. The highest BCUT2D eigenvalue weighted by Crippen LogP contribution is 2.43. The van der Waals surface area contributed by atoms with Crippen LogP contribution in [0.1, 0.15) is 11.1 Å². The van der Waals surface area contributed by atoms with Crippen LogP contribution in [0.15, 0.2) is 82.6 Å². The lowest BCUT2D eigenvalue weighted by Crippen LogP contribution is -2.31. The zero-order chi connectivity index (χ0) is 21.3. The third-order valence-corrected chi connectivity index (χ3v) is 6.10. The number of carbonyl (C=O) groups excluding carboxylic acids is 2. The average molecular weight is 451 g/mol. The van der Waals surface area contributed by atoms with Crippen molar-refractivity contribution in [2.45, 2.75) is 4.90 Å². The smallest absolute Gasteiger partial charge is 0.268 e. The molecule has 2 amide bonds. The van der Waals surface area contributed by atoms with Gasteiger partial charge in [0.2, 0.25) is 0 Å². The van der Waals surface area contributed by atoms with Gasteiger partial charge in [-0.1, -0.05) is 59.2 Å². The van der Waals surface area contributed by atoms with Crippen LogP contribution in [0.5, 0.6) is 0 Å². The van der Waals surface area contributed by atoms with E-state index in [0.29, 0.717) is 21.8 Å². The molecular formula is C23H12Cl2N2O2S. The van der Waals surface area contributed by atoms with E-state index >= 15 is 0 Å². The maximum atomic E-state index is 13.4. The van der Waals surface area contributed by atoms with E-state index in [1.54, 1.807) is 42.5 Å². The number of rotatable bonds is 4. The second-order valence-electron chi connectivity index (χ2n) is 6.35. The molecule has 4 rings (SSSR count). The van der Waals surface area contributed by atoms with Gasteiger partial charge < -0.3 is 0 Å². The first-order valence-corrected chi connectivity index (χ1v) is 10.4. The summed E-state index contributed by atoms with van der Waals surface area (Å²) >= 11 is 13.6. The molecule has 0 saturated heterocycles. The number of carbonyl (C=O) groups is 2. The number of hydrogen-bond acceptors (Lipinski definition) is 4. The zero-order valence-corrected chi connectivity index (χ0v) is 17.6. The van der Waals surface area contributed by atoms with Gasteiger partial charge in [0.1, 0.15) is 0 Å². The molecular weight excluding hydrogens is 439 g/mol. The Labute approximate surface area is 187 Å². The van der Waals surface area contributed by atoms with Crippen LogP contribution < -0.4 is 4.90 Å². The van der Waals surface area contributed by atoms with Crippen LogP contribution in [0.25, 0.3) is 5.57 Å². The molecule has 0 atom stereocenters. The van der Waals surface area contributed by atoms with Crippen molar-refractivity contribution >= 4 is 58.0 Å². The summed E-state index contributed by atoms with van der Waals surface area (Å²) in [6.07, 6.45) is 0. The minimum atomic E-state index is -0.479. The number of nitrogens with zero attached hydrogens (tertiary/aromatic N) is 2. The molecule has 7 heteroatoms. The van der Waals surface area contributed by atoms with Crippen molar-refractivity contribution in [1.82, 2.24) is 0 Å². The van der Waals surface area contributed by atoms with Crippen molar-refractivity contribution in [3.8, 4) is 6.07 Å². The molecule has 3 aromatic carbocycles. The first kappa shape index (κ1) is 20.2. The third-order valence-electron chi connectivity index (χ3n) is 4.46. The molecule has 0 N–H and O–H groups in total. The number of thioether (sulfide) groups is 1. The molecule has 1 heterocycles. The largest absolute Gasteiger partial charge is 0.272 e. The predicted octanol–water partition coefficient (Wildman–Crippen LogP) is 5.94. The van der Waals surface area contributed by atoms with E-state index in [4.69, 9.17) is 28.5 Å². The fourth-order valence-electron chi connectivity index (χ4n) is 3.06. The summed E-state index contributed by atoms with van der Waals surface area (Å²) in [4.78, 5) is 28.9. The predicted molar refractivity (Wildman–Crippen MR) is 119 cm³/mol. The van der Waals surface area contributed by atoms with Crippen molar-refractivity contribution in [3.05, 3.63) is 98.9 Å². The normalized spacial score (nSPS) is 13.7. The number of benzene rings is 3. The molecule has 30 heavy (non-hydrogen) atoms. The zero-order valence-electron chi connectivity index (χ0n) is 15.3. The average Bonchev–Trinajstić information content (AvgIpc) is 2.99. The van der Waals surface area contributed by atoms with Gasteiger partial charge in [-0.15, -0.1) is 0 Å². The molecule has 0 spiro atoms. The van der Waals surface area contributed by atoms with Crippen LogP contribution >= 0.6 is 35.0 Å². The fourth-order valence-corrected chi connectivity index (χ4v) is 4.57. The lowest BCUT2D eigenvalue weighted by atomic mass is 10.1. The number of imide groups is 1. The summed E-state index contributed by atoms with van der Waals surface area (Å²) in [5, 5.41) is 9.73. The third kappa shape index (κ3) is 3.73. The van der Waals surface area contributed by atoms with E-state index in [1.807, 2.05) is 36.4 Å². The van der Waals surface area contributed by atoms with Gasteiger partial charge in [0.15, 0.2) is 0 Å². The standard InChI is InChI=1S/C23H12Cl2N2O2S/c24-15-8-11-18(19(25)12-15)20-21(30-17-4-2-1-3-5-17)23(29)27(22(20)28)16-9-6-14(13-26)7-10-16/h1-12H. The van der Waals surface area contributed by atoms with Gasteiger partial charge in [0.25, 0.3) is 11.8 Å². The summed E-state index contributed by atoms with van der Waals surface area (Å²) in [6, 6.07) is 22.4. The molecule has 0 fully saturated rings. The summed E-state index contributed by atoms with van der Waals surface area (Å²) in [6.45, 7) is 0. The van der Waals surface area contributed by atoms with Gasteiger partial charge in [0, 0.05) is 15.5 Å². The first-order chi connectivity index (χ1) is 14.5. The molecule has 3 aromatic rings. The Morgan fingerprint density at radius 2 is 1.57 bits per heavy atom. The lowest BCUT2D eigenvalue weighted by Gasteiger charge is -2.15. The van der Waals surface area contributed by atoms with Crippen LogP contribution in [-0.2, 0) is 9.59 Å². The van der Waals surface area contributed by atoms with E-state index in [2.05, 4.69) is 0 Å². The number of amides is 2. The van der Waals surface area contributed by atoms with Crippen LogP contribution in [0.2, 0.25) is 10.0 Å². The molecule has 0 aromatic heterocycles. The highest BCUT2D eigenvalue weighted by Gasteiger charge is 2.41. The van der Waals surface area contributed by atoms with E-state index in [1.165, 1.54) is 11.8 Å². The minimum Gasteiger partial charge on any atom is -0.268 e. The second-order valence-corrected chi connectivity index (χ2v) is 8.28. The summed E-state index contributed by atoms with van der Waals surface area (Å²) in [5.41, 5.74) is 1.48.